The molecule has 1 aliphatic carbocycles. The minimum atomic E-state index is -0.174. The Morgan fingerprint density at radius 2 is 1.59 bits per heavy atom. The summed E-state index contributed by atoms with van der Waals surface area (Å²) in [7, 11) is 0. The van der Waals surface area contributed by atoms with Gasteiger partial charge in [0.15, 0.2) is 0 Å². The molecule has 0 spiro atoms. The number of fused-ring (bicyclic) bond motifs is 8. The molecule has 7 aromatic rings. The smallest absolute Gasteiger partial charge is 0.217 e. The molecule has 0 amide bonds. The highest BCUT2D eigenvalue weighted by Crippen LogP contribution is 2.48. The molecule has 0 unspecified atom stereocenters. The highest BCUT2D eigenvalue weighted by molar-refractivity contribution is 6.12. The standard InChI is InChI=1S/C44H35N3O2/c1-25-17-34-33-19-26(2)38(24-37(33)47-41(34)36(18-25)44(3,4)35-15-10-16-45-42(35)47)48-31-21-29(27-11-6-5-7-12-27)20-30(22-31)43-46-40-32-14-9-8-13-28(32)23-39(40)49-43/h5-22,24,39-40H,23H2,1-4H3/t39-,40+/m0/s1. The van der Waals surface area contributed by atoms with Crippen LogP contribution in [0.1, 0.15) is 58.8 Å². The molecule has 5 aromatic carbocycles. The molecule has 238 valence electrons. The summed E-state index contributed by atoms with van der Waals surface area (Å²) in [6.45, 7) is 8.95. The second-order valence-electron chi connectivity index (χ2n) is 14.3. The van der Waals surface area contributed by atoms with Gasteiger partial charge in [0, 0.05) is 46.0 Å². The fourth-order valence-corrected chi connectivity index (χ4v) is 8.38. The van der Waals surface area contributed by atoms with Crippen LogP contribution in [0.25, 0.3) is 38.8 Å². The number of aryl methyl sites for hydroxylation is 2. The summed E-state index contributed by atoms with van der Waals surface area (Å²) in [6, 6.07) is 38.8. The molecule has 2 atom stereocenters. The van der Waals surface area contributed by atoms with Gasteiger partial charge in [0.05, 0.1) is 11.0 Å². The maximum Gasteiger partial charge on any atom is 0.217 e. The van der Waals surface area contributed by atoms with Crippen molar-refractivity contribution in [3.05, 3.63) is 154 Å². The maximum absolute atomic E-state index is 6.88. The van der Waals surface area contributed by atoms with Gasteiger partial charge >= 0.3 is 0 Å². The summed E-state index contributed by atoms with van der Waals surface area (Å²) < 4.78 is 15.8. The molecular formula is C44H35N3O2. The Balaban J connectivity index is 1.13. The van der Waals surface area contributed by atoms with E-state index in [4.69, 9.17) is 19.5 Å². The van der Waals surface area contributed by atoms with Crippen molar-refractivity contribution in [2.75, 3.05) is 0 Å². The molecule has 10 rings (SSSR count). The summed E-state index contributed by atoms with van der Waals surface area (Å²) in [5.74, 6) is 3.21. The Kier molecular flexibility index (Phi) is 5.88. The number of benzene rings is 5. The molecule has 0 saturated heterocycles. The summed E-state index contributed by atoms with van der Waals surface area (Å²) in [5.41, 5.74) is 12.7. The minimum absolute atomic E-state index is 0.0241. The van der Waals surface area contributed by atoms with Gasteiger partial charge in [0.2, 0.25) is 5.90 Å². The van der Waals surface area contributed by atoms with Gasteiger partial charge in [0.25, 0.3) is 0 Å². The number of rotatable bonds is 4. The number of ether oxygens (including phenoxy) is 2. The van der Waals surface area contributed by atoms with Gasteiger partial charge in [-0.1, -0.05) is 86.1 Å². The number of nitrogens with zero attached hydrogens (tertiary/aromatic N) is 3. The molecule has 2 aliphatic heterocycles. The molecule has 0 saturated carbocycles. The Bertz CT molecular complexity index is 2540. The van der Waals surface area contributed by atoms with Crippen molar-refractivity contribution in [2.24, 2.45) is 4.99 Å². The molecule has 0 bridgehead atoms. The molecule has 0 N–H and O–H groups in total. The third-order valence-electron chi connectivity index (χ3n) is 10.8. The Morgan fingerprint density at radius 3 is 2.47 bits per heavy atom. The van der Waals surface area contributed by atoms with Crippen LogP contribution in [0.4, 0.5) is 0 Å². The number of aromatic nitrogens is 2. The summed E-state index contributed by atoms with van der Waals surface area (Å²) in [5, 5.41) is 2.46. The zero-order chi connectivity index (χ0) is 33.0. The van der Waals surface area contributed by atoms with Gasteiger partial charge in [-0.2, -0.15) is 0 Å². The van der Waals surface area contributed by atoms with Crippen LogP contribution in [0, 0.1) is 13.8 Å². The first kappa shape index (κ1) is 28.3. The number of pyridine rings is 1. The van der Waals surface area contributed by atoms with Gasteiger partial charge in [-0.3, -0.25) is 4.57 Å². The highest BCUT2D eigenvalue weighted by Gasteiger charge is 2.40. The topological polar surface area (TPSA) is 48.6 Å². The van der Waals surface area contributed by atoms with E-state index in [0.29, 0.717) is 5.90 Å². The number of hydrogen-bond acceptors (Lipinski definition) is 4. The lowest BCUT2D eigenvalue weighted by atomic mass is 9.75. The fourth-order valence-electron chi connectivity index (χ4n) is 8.38. The van der Waals surface area contributed by atoms with Crippen LogP contribution < -0.4 is 4.74 Å². The van der Waals surface area contributed by atoms with E-state index in [1.165, 1.54) is 44.1 Å². The molecule has 0 fully saturated rings. The van der Waals surface area contributed by atoms with Crippen molar-refractivity contribution in [1.82, 2.24) is 9.55 Å². The van der Waals surface area contributed by atoms with Gasteiger partial charge in [0.1, 0.15) is 29.5 Å². The third kappa shape index (κ3) is 4.18. The first-order valence-corrected chi connectivity index (χ1v) is 17.1. The van der Waals surface area contributed by atoms with E-state index in [2.05, 4.69) is 129 Å². The van der Waals surface area contributed by atoms with Crippen LogP contribution in [0.3, 0.4) is 0 Å². The Hall–Kier alpha value is -5.68. The van der Waals surface area contributed by atoms with E-state index in [9.17, 15) is 0 Å². The number of aliphatic imine (C=N–C) groups is 1. The Morgan fingerprint density at radius 1 is 0.776 bits per heavy atom. The quantitative estimate of drug-likeness (QED) is 0.193. The first-order valence-electron chi connectivity index (χ1n) is 17.1. The Labute approximate surface area is 285 Å². The van der Waals surface area contributed by atoms with Crippen LogP contribution in [0.2, 0.25) is 0 Å². The van der Waals surface area contributed by atoms with E-state index in [-0.39, 0.29) is 17.6 Å². The predicted octanol–water partition coefficient (Wildman–Crippen LogP) is 10.3. The zero-order valence-corrected chi connectivity index (χ0v) is 28.0. The van der Waals surface area contributed by atoms with Gasteiger partial charge in [-0.25, -0.2) is 9.98 Å². The maximum atomic E-state index is 6.88. The molecule has 49 heavy (non-hydrogen) atoms. The third-order valence-corrected chi connectivity index (χ3v) is 10.8. The average Bonchev–Trinajstić information content (AvgIpc) is 3.78. The fraction of sp³-hybridized carbons (Fsp3) is 0.182. The minimum Gasteiger partial charge on any atom is -0.471 e. The average molecular weight is 638 g/mol. The SMILES string of the molecule is Cc1cc2c3c(c1)c1cc(C)c(Oc4cc(C5=N[C@@H]6c7ccccc7C[C@@H]6O5)cc(-c5ccccc5)c4)cc1n3-c1ncccc1C2(C)C. The normalized spacial score (nSPS) is 18.2. The lowest BCUT2D eigenvalue weighted by molar-refractivity contribution is 0.206. The molecule has 0 radical (unpaired) electrons. The zero-order valence-electron chi connectivity index (χ0n) is 28.0. The van der Waals surface area contributed by atoms with Crippen molar-refractivity contribution >= 4 is 27.7 Å². The van der Waals surface area contributed by atoms with Crippen molar-refractivity contribution in [3.63, 3.8) is 0 Å². The summed E-state index contributed by atoms with van der Waals surface area (Å²) >= 11 is 0. The van der Waals surface area contributed by atoms with Crippen molar-refractivity contribution in [2.45, 2.75) is 51.7 Å². The van der Waals surface area contributed by atoms with Crippen molar-refractivity contribution in [1.29, 1.82) is 0 Å². The van der Waals surface area contributed by atoms with Crippen LogP contribution in [0.5, 0.6) is 11.5 Å². The van der Waals surface area contributed by atoms with Crippen molar-refractivity contribution in [3.8, 4) is 28.4 Å². The molecule has 3 aliphatic rings. The lowest BCUT2D eigenvalue weighted by Crippen LogP contribution is -2.27. The van der Waals surface area contributed by atoms with E-state index in [0.717, 1.165) is 51.5 Å². The summed E-state index contributed by atoms with van der Waals surface area (Å²) in [6.07, 6.45) is 2.80. The lowest BCUT2D eigenvalue weighted by Gasteiger charge is -2.34. The van der Waals surface area contributed by atoms with Gasteiger partial charge in [-0.05, 0) is 83.6 Å². The summed E-state index contributed by atoms with van der Waals surface area (Å²) in [4.78, 5) is 10.1. The second-order valence-corrected chi connectivity index (χ2v) is 14.3. The first-order chi connectivity index (χ1) is 23.8. The van der Waals surface area contributed by atoms with Crippen molar-refractivity contribution < 1.29 is 9.47 Å². The molecule has 2 aromatic heterocycles. The van der Waals surface area contributed by atoms with Crippen LogP contribution in [-0.4, -0.2) is 21.6 Å². The monoisotopic (exact) mass is 637 g/mol. The highest BCUT2D eigenvalue weighted by atomic mass is 16.5. The van der Waals surface area contributed by atoms with Gasteiger partial charge < -0.3 is 9.47 Å². The van der Waals surface area contributed by atoms with Crippen LogP contribution in [-0.2, 0) is 16.6 Å². The molecular weight excluding hydrogens is 603 g/mol. The van der Waals surface area contributed by atoms with E-state index >= 15 is 0 Å². The van der Waals surface area contributed by atoms with Crippen LogP contribution in [0.15, 0.2) is 120 Å². The molecule has 5 heteroatoms. The number of hydrogen-bond donors (Lipinski definition) is 0. The largest absolute Gasteiger partial charge is 0.471 e. The van der Waals surface area contributed by atoms with E-state index in [1.807, 2.05) is 18.3 Å². The van der Waals surface area contributed by atoms with E-state index < -0.39 is 0 Å². The molecule has 4 heterocycles. The van der Waals surface area contributed by atoms with E-state index in [1.54, 1.807) is 0 Å². The predicted molar refractivity (Wildman–Crippen MR) is 196 cm³/mol. The van der Waals surface area contributed by atoms with Gasteiger partial charge in [-0.15, -0.1) is 0 Å². The molecule has 5 nitrogen and oxygen atoms in total. The van der Waals surface area contributed by atoms with Crippen LogP contribution >= 0.6 is 0 Å². The second kappa shape index (κ2) is 10.2.